The van der Waals surface area contributed by atoms with E-state index in [2.05, 4.69) is 10.2 Å². The number of aryl methyl sites for hydroxylation is 2. The molecule has 3 aromatic rings. The number of para-hydroxylation sites is 1. The molecule has 0 atom stereocenters. The van der Waals surface area contributed by atoms with Gasteiger partial charge in [0.15, 0.2) is 10.9 Å². The van der Waals surface area contributed by atoms with Crippen molar-refractivity contribution in [2.45, 2.75) is 25.9 Å². The third-order valence-corrected chi connectivity index (χ3v) is 6.72. The molecule has 9 heteroatoms. The predicted octanol–water partition coefficient (Wildman–Crippen LogP) is 3.67. The van der Waals surface area contributed by atoms with Crippen LogP contribution in [0, 0.1) is 19.7 Å². The first kappa shape index (κ1) is 23.0. The van der Waals surface area contributed by atoms with E-state index < -0.39 is 5.82 Å². The molecular formula is C24H26FN5O2S. The summed E-state index contributed by atoms with van der Waals surface area (Å²) in [6.07, 6.45) is 0. The summed E-state index contributed by atoms with van der Waals surface area (Å²) in [5.74, 6) is 0.464. The van der Waals surface area contributed by atoms with Gasteiger partial charge < -0.3 is 9.80 Å². The van der Waals surface area contributed by atoms with Crippen molar-refractivity contribution in [2.24, 2.45) is 0 Å². The van der Waals surface area contributed by atoms with E-state index >= 15 is 0 Å². The first-order valence-corrected chi connectivity index (χ1v) is 11.8. The van der Waals surface area contributed by atoms with Crippen LogP contribution in [0.4, 0.5) is 10.1 Å². The molecule has 1 aromatic heterocycles. The molecule has 0 unspecified atom stereocenters. The summed E-state index contributed by atoms with van der Waals surface area (Å²) in [6, 6.07) is 12.6. The lowest BCUT2D eigenvalue weighted by Gasteiger charge is -2.36. The van der Waals surface area contributed by atoms with Crippen molar-refractivity contribution < 1.29 is 14.0 Å². The van der Waals surface area contributed by atoms with Crippen LogP contribution in [0.1, 0.15) is 28.7 Å². The zero-order valence-corrected chi connectivity index (χ0v) is 19.7. The van der Waals surface area contributed by atoms with Gasteiger partial charge in [0.25, 0.3) is 0 Å². The number of rotatable bonds is 6. The zero-order chi connectivity index (χ0) is 23.5. The van der Waals surface area contributed by atoms with Gasteiger partial charge in [-0.05, 0) is 50.6 Å². The topological polar surface area (TPSA) is 71.3 Å². The predicted molar refractivity (Wildman–Crippen MR) is 127 cm³/mol. The summed E-state index contributed by atoms with van der Waals surface area (Å²) in [4.78, 5) is 28.0. The molecule has 1 amide bonds. The number of Topliss-reactive ketones (excluding diaryl/α,β-unsaturated/α-hetero) is 1. The Kier molecular flexibility index (Phi) is 6.78. The van der Waals surface area contributed by atoms with E-state index in [1.165, 1.54) is 24.8 Å². The van der Waals surface area contributed by atoms with Crippen molar-refractivity contribution in [3.05, 3.63) is 65.2 Å². The highest BCUT2D eigenvalue weighted by Crippen LogP contribution is 2.25. The number of benzene rings is 2. The van der Waals surface area contributed by atoms with Gasteiger partial charge in [-0.15, -0.1) is 10.2 Å². The number of ketones is 1. The number of aromatic nitrogens is 3. The average Bonchev–Trinajstić information content (AvgIpc) is 3.18. The van der Waals surface area contributed by atoms with E-state index in [0.717, 1.165) is 17.1 Å². The fraction of sp³-hybridized carbons (Fsp3) is 0.333. The quantitative estimate of drug-likeness (QED) is 0.407. The van der Waals surface area contributed by atoms with E-state index in [1.54, 1.807) is 17.0 Å². The van der Waals surface area contributed by atoms with Crippen molar-refractivity contribution in [2.75, 3.05) is 36.8 Å². The summed E-state index contributed by atoms with van der Waals surface area (Å²) >= 11 is 1.37. The molecule has 0 spiro atoms. The third kappa shape index (κ3) is 4.93. The molecule has 2 aromatic carbocycles. The zero-order valence-electron chi connectivity index (χ0n) is 18.9. The molecule has 4 rings (SSSR count). The van der Waals surface area contributed by atoms with Crippen LogP contribution < -0.4 is 4.90 Å². The van der Waals surface area contributed by atoms with E-state index in [0.29, 0.717) is 42.6 Å². The lowest BCUT2D eigenvalue weighted by Crippen LogP contribution is -2.49. The van der Waals surface area contributed by atoms with Gasteiger partial charge in [-0.1, -0.05) is 30.0 Å². The van der Waals surface area contributed by atoms with Crippen molar-refractivity contribution >= 4 is 29.1 Å². The molecule has 0 aliphatic carbocycles. The molecule has 172 valence electrons. The molecule has 1 aliphatic heterocycles. The number of piperazine rings is 1. The maximum Gasteiger partial charge on any atom is 0.233 e. The molecular weight excluding hydrogens is 441 g/mol. The highest BCUT2D eigenvalue weighted by molar-refractivity contribution is 7.99. The van der Waals surface area contributed by atoms with E-state index in [1.807, 2.05) is 47.6 Å². The second kappa shape index (κ2) is 9.74. The number of carbonyl (C=O) groups is 2. The average molecular weight is 468 g/mol. The van der Waals surface area contributed by atoms with Gasteiger partial charge in [-0.3, -0.25) is 14.2 Å². The van der Waals surface area contributed by atoms with Crippen molar-refractivity contribution in [1.29, 1.82) is 0 Å². The number of anilines is 1. The monoisotopic (exact) mass is 467 g/mol. The number of hydrogen-bond donors (Lipinski definition) is 0. The second-order valence-corrected chi connectivity index (χ2v) is 8.97. The first-order chi connectivity index (χ1) is 15.8. The number of nitrogens with zero attached hydrogens (tertiary/aromatic N) is 5. The van der Waals surface area contributed by atoms with Crippen LogP contribution in [0.25, 0.3) is 5.69 Å². The Morgan fingerprint density at radius 1 is 1.00 bits per heavy atom. The summed E-state index contributed by atoms with van der Waals surface area (Å²) < 4.78 is 16.4. The van der Waals surface area contributed by atoms with Gasteiger partial charge >= 0.3 is 0 Å². The smallest absolute Gasteiger partial charge is 0.233 e. The Labute approximate surface area is 196 Å². The SMILES string of the molecule is CC(=O)c1ccc(N2CCN(C(=O)CSc3nnc(C)n3-c3ccccc3C)CC2)c(F)c1. The van der Waals surface area contributed by atoms with Crippen molar-refractivity contribution in [3.8, 4) is 5.69 Å². The molecule has 0 saturated carbocycles. The molecule has 7 nitrogen and oxygen atoms in total. The standard InChI is InChI=1S/C24H26FN5O2S/c1-16-6-4-5-7-21(16)30-18(3)26-27-24(30)33-15-23(32)29-12-10-28(11-13-29)22-9-8-19(17(2)31)14-20(22)25/h4-9,14H,10-13,15H2,1-3H3. The number of amides is 1. The van der Waals surface area contributed by atoms with Crippen LogP contribution in [-0.4, -0.2) is 63.3 Å². The first-order valence-electron chi connectivity index (χ1n) is 10.8. The molecule has 1 saturated heterocycles. The van der Waals surface area contributed by atoms with Gasteiger partial charge in [-0.25, -0.2) is 4.39 Å². The number of carbonyl (C=O) groups excluding carboxylic acids is 2. The summed E-state index contributed by atoms with van der Waals surface area (Å²) in [5, 5.41) is 9.14. The maximum absolute atomic E-state index is 14.5. The lowest BCUT2D eigenvalue weighted by atomic mass is 10.1. The summed E-state index contributed by atoms with van der Waals surface area (Å²) in [5.41, 5.74) is 2.92. The number of thioether (sulfide) groups is 1. The minimum Gasteiger partial charge on any atom is -0.366 e. The molecule has 0 bridgehead atoms. The molecule has 0 radical (unpaired) electrons. The van der Waals surface area contributed by atoms with Crippen LogP contribution in [-0.2, 0) is 4.79 Å². The van der Waals surface area contributed by atoms with Crippen molar-refractivity contribution in [1.82, 2.24) is 19.7 Å². The highest BCUT2D eigenvalue weighted by Gasteiger charge is 2.24. The second-order valence-electron chi connectivity index (χ2n) is 8.03. The summed E-state index contributed by atoms with van der Waals surface area (Å²) in [6.45, 7) is 7.43. The largest absolute Gasteiger partial charge is 0.366 e. The summed E-state index contributed by atoms with van der Waals surface area (Å²) in [7, 11) is 0. The normalized spacial score (nSPS) is 13.9. The maximum atomic E-state index is 14.5. The van der Waals surface area contributed by atoms with Gasteiger partial charge in [0, 0.05) is 31.7 Å². The van der Waals surface area contributed by atoms with E-state index in [-0.39, 0.29) is 17.4 Å². The van der Waals surface area contributed by atoms with Crippen LogP contribution in [0.2, 0.25) is 0 Å². The Bertz CT molecular complexity index is 1190. The molecule has 1 fully saturated rings. The van der Waals surface area contributed by atoms with Gasteiger partial charge in [0.2, 0.25) is 5.91 Å². The van der Waals surface area contributed by atoms with E-state index in [4.69, 9.17) is 0 Å². The van der Waals surface area contributed by atoms with E-state index in [9.17, 15) is 14.0 Å². The van der Waals surface area contributed by atoms with Gasteiger partial charge in [0.1, 0.15) is 11.6 Å². The Morgan fingerprint density at radius 2 is 1.73 bits per heavy atom. The number of halogens is 1. The Morgan fingerprint density at radius 3 is 2.39 bits per heavy atom. The third-order valence-electron chi connectivity index (χ3n) is 5.80. The molecule has 1 aliphatic rings. The fourth-order valence-electron chi connectivity index (χ4n) is 3.92. The Balaban J connectivity index is 1.36. The van der Waals surface area contributed by atoms with Crippen molar-refractivity contribution in [3.63, 3.8) is 0 Å². The highest BCUT2D eigenvalue weighted by atomic mass is 32.2. The van der Waals surface area contributed by atoms with Crippen LogP contribution in [0.5, 0.6) is 0 Å². The van der Waals surface area contributed by atoms with Gasteiger partial charge in [0.05, 0.1) is 17.1 Å². The fourth-order valence-corrected chi connectivity index (χ4v) is 4.82. The number of hydrogen-bond acceptors (Lipinski definition) is 6. The van der Waals surface area contributed by atoms with Crippen LogP contribution in [0.3, 0.4) is 0 Å². The van der Waals surface area contributed by atoms with Crippen LogP contribution >= 0.6 is 11.8 Å². The molecule has 0 N–H and O–H groups in total. The minimum absolute atomic E-state index is 0.0176. The molecule has 2 heterocycles. The molecule has 33 heavy (non-hydrogen) atoms. The lowest BCUT2D eigenvalue weighted by molar-refractivity contribution is -0.128. The van der Waals surface area contributed by atoms with Crippen LogP contribution in [0.15, 0.2) is 47.6 Å². The minimum atomic E-state index is -0.413. The van der Waals surface area contributed by atoms with Gasteiger partial charge in [-0.2, -0.15) is 0 Å². The Hall–Kier alpha value is -3.20.